The van der Waals surface area contributed by atoms with Gasteiger partial charge < -0.3 is 10.1 Å². The minimum atomic E-state index is -0.0144. The minimum absolute atomic E-state index is 0.0144. The molecule has 0 radical (unpaired) electrons. The third-order valence-electron chi connectivity index (χ3n) is 2.02. The number of ether oxygens (including phenoxy) is 1. The zero-order valence-corrected chi connectivity index (χ0v) is 11.5. The molecular formula is C12H16ClNO2S. The van der Waals surface area contributed by atoms with Gasteiger partial charge in [-0.2, -0.15) is 0 Å². The van der Waals surface area contributed by atoms with Crippen molar-refractivity contribution < 1.29 is 9.53 Å². The maximum Gasteiger partial charge on any atom is 0.230 e. The maximum atomic E-state index is 11.6. The van der Waals surface area contributed by atoms with Gasteiger partial charge in [0, 0.05) is 18.0 Å². The highest BCUT2D eigenvalue weighted by atomic mass is 35.5. The van der Waals surface area contributed by atoms with Crippen LogP contribution >= 0.6 is 23.4 Å². The van der Waals surface area contributed by atoms with Crippen LogP contribution in [0, 0.1) is 0 Å². The molecular weight excluding hydrogens is 258 g/mol. The Morgan fingerprint density at radius 2 is 2.24 bits per heavy atom. The number of carbonyl (C=O) groups is 1. The number of carbonyl (C=O) groups excluding carboxylic acids is 1. The fraction of sp³-hybridized carbons (Fsp3) is 0.417. The van der Waals surface area contributed by atoms with Gasteiger partial charge in [-0.25, -0.2) is 0 Å². The molecule has 1 aromatic carbocycles. The van der Waals surface area contributed by atoms with Crippen molar-refractivity contribution in [3.63, 3.8) is 0 Å². The second-order valence-electron chi connectivity index (χ2n) is 3.64. The predicted molar refractivity (Wildman–Crippen MR) is 71.7 cm³/mol. The number of rotatable bonds is 6. The molecule has 0 aromatic heterocycles. The predicted octanol–water partition coefficient (Wildman–Crippen LogP) is 2.58. The van der Waals surface area contributed by atoms with Crippen LogP contribution in [-0.4, -0.2) is 31.4 Å². The van der Waals surface area contributed by atoms with E-state index in [4.69, 9.17) is 16.3 Å². The van der Waals surface area contributed by atoms with Gasteiger partial charge in [-0.1, -0.05) is 23.7 Å². The van der Waals surface area contributed by atoms with Gasteiger partial charge in [0.2, 0.25) is 5.91 Å². The third-order valence-corrected chi connectivity index (χ3v) is 3.53. The zero-order valence-electron chi connectivity index (χ0n) is 9.90. The van der Waals surface area contributed by atoms with Crippen LogP contribution in [-0.2, 0) is 9.53 Å². The standard InChI is InChI=1S/C12H16ClNO2S/c1-9(7-16-2)14-12(15)8-17-11-6-4-3-5-10(11)13/h3-6,9H,7-8H2,1-2H3,(H,14,15)/t9-/m0/s1. The van der Waals surface area contributed by atoms with Crippen LogP contribution in [0.4, 0.5) is 0 Å². The fourth-order valence-corrected chi connectivity index (χ4v) is 2.36. The van der Waals surface area contributed by atoms with Crippen LogP contribution in [0.15, 0.2) is 29.2 Å². The Kier molecular flexibility index (Phi) is 6.40. The number of halogens is 1. The summed E-state index contributed by atoms with van der Waals surface area (Å²) < 4.78 is 4.94. The normalized spacial score (nSPS) is 12.2. The second-order valence-corrected chi connectivity index (χ2v) is 5.07. The van der Waals surface area contributed by atoms with Crippen LogP contribution in [0.3, 0.4) is 0 Å². The molecule has 0 saturated heterocycles. The lowest BCUT2D eigenvalue weighted by Gasteiger charge is -2.12. The van der Waals surface area contributed by atoms with Crippen molar-refractivity contribution in [2.75, 3.05) is 19.5 Å². The lowest BCUT2D eigenvalue weighted by atomic mass is 10.3. The summed E-state index contributed by atoms with van der Waals surface area (Å²) in [5.41, 5.74) is 0. The van der Waals surface area contributed by atoms with Gasteiger partial charge in [0.25, 0.3) is 0 Å². The van der Waals surface area contributed by atoms with Crippen molar-refractivity contribution in [2.45, 2.75) is 17.9 Å². The Labute approximate surface area is 111 Å². The fourth-order valence-electron chi connectivity index (χ4n) is 1.31. The summed E-state index contributed by atoms with van der Waals surface area (Å²) in [6.07, 6.45) is 0. The first-order valence-electron chi connectivity index (χ1n) is 5.29. The van der Waals surface area contributed by atoms with E-state index in [0.29, 0.717) is 17.4 Å². The molecule has 3 nitrogen and oxygen atoms in total. The lowest BCUT2D eigenvalue weighted by Crippen LogP contribution is -2.36. The van der Waals surface area contributed by atoms with E-state index in [1.807, 2.05) is 31.2 Å². The van der Waals surface area contributed by atoms with Crippen molar-refractivity contribution in [1.82, 2.24) is 5.32 Å². The Morgan fingerprint density at radius 1 is 1.53 bits per heavy atom. The molecule has 0 aliphatic heterocycles. The van der Waals surface area contributed by atoms with Gasteiger partial charge in [0.15, 0.2) is 0 Å². The molecule has 0 bridgehead atoms. The van der Waals surface area contributed by atoms with Crippen LogP contribution in [0.2, 0.25) is 5.02 Å². The number of nitrogens with one attached hydrogen (secondary N) is 1. The van der Waals surface area contributed by atoms with E-state index in [0.717, 1.165) is 4.90 Å². The summed E-state index contributed by atoms with van der Waals surface area (Å²) in [4.78, 5) is 12.5. The first-order valence-corrected chi connectivity index (χ1v) is 6.65. The number of hydrogen-bond donors (Lipinski definition) is 1. The quantitative estimate of drug-likeness (QED) is 0.810. The second kappa shape index (κ2) is 7.58. The maximum absolute atomic E-state index is 11.6. The molecule has 1 rings (SSSR count). The molecule has 0 aliphatic rings. The first kappa shape index (κ1) is 14.4. The van der Waals surface area contributed by atoms with Crippen molar-refractivity contribution >= 4 is 29.3 Å². The minimum Gasteiger partial charge on any atom is -0.383 e. The summed E-state index contributed by atoms with van der Waals surface area (Å²) >= 11 is 7.42. The Hall–Kier alpha value is -0.710. The third kappa shape index (κ3) is 5.44. The number of benzene rings is 1. The topological polar surface area (TPSA) is 38.3 Å². The van der Waals surface area contributed by atoms with E-state index in [1.54, 1.807) is 7.11 Å². The van der Waals surface area contributed by atoms with Crippen LogP contribution in [0.25, 0.3) is 0 Å². The summed E-state index contributed by atoms with van der Waals surface area (Å²) in [5, 5.41) is 3.52. The monoisotopic (exact) mass is 273 g/mol. The molecule has 0 spiro atoms. The summed E-state index contributed by atoms with van der Waals surface area (Å²) in [6.45, 7) is 2.42. The van der Waals surface area contributed by atoms with E-state index in [9.17, 15) is 4.79 Å². The summed E-state index contributed by atoms with van der Waals surface area (Å²) in [6, 6.07) is 7.51. The van der Waals surface area contributed by atoms with E-state index in [-0.39, 0.29) is 11.9 Å². The highest BCUT2D eigenvalue weighted by Gasteiger charge is 2.08. The summed E-state index contributed by atoms with van der Waals surface area (Å²) in [5.74, 6) is 0.345. The van der Waals surface area contributed by atoms with Crippen LogP contribution in [0.5, 0.6) is 0 Å². The van der Waals surface area contributed by atoms with Gasteiger partial charge in [0.05, 0.1) is 17.4 Å². The van der Waals surface area contributed by atoms with Crippen molar-refractivity contribution in [1.29, 1.82) is 0 Å². The molecule has 0 fully saturated rings. The van der Waals surface area contributed by atoms with E-state index < -0.39 is 0 Å². The molecule has 0 unspecified atom stereocenters. The SMILES string of the molecule is COC[C@H](C)NC(=O)CSc1ccccc1Cl. The highest BCUT2D eigenvalue weighted by molar-refractivity contribution is 8.00. The lowest BCUT2D eigenvalue weighted by molar-refractivity contribution is -0.119. The van der Waals surface area contributed by atoms with Crippen LogP contribution < -0.4 is 5.32 Å². The number of methoxy groups -OCH3 is 1. The van der Waals surface area contributed by atoms with Crippen LogP contribution in [0.1, 0.15) is 6.92 Å². The van der Waals surface area contributed by atoms with E-state index in [1.165, 1.54) is 11.8 Å². The molecule has 1 atom stereocenters. The summed E-state index contributed by atoms with van der Waals surface area (Å²) in [7, 11) is 1.61. The highest BCUT2D eigenvalue weighted by Crippen LogP contribution is 2.26. The molecule has 1 amide bonds. The van der Waals surface area contributed by atoms with Gasteiger partial charge in [0.1, 0.15) is 0 Å². The zero-order chi connectivity index (χ0) is 12.7. The Morgan fingerprint density at radius 3 is 2.88 bits per heavy atom. The van der Waals surface area contributed by atoms with Gasteiger partial charge in [-0.3, -0.25) is 4.79 Å². The molecule has 1 N–H and O–H groups in total. The van der Waals surface area contributed by atoms with E-state index in [2.05, 4.69) is 5.32 Å². The largest absolute Gasteiger partial charge is 0.383 e. The van der Waals surface area contributed by atoms with Gasteiger partial charge in [-0.15, -0.1) is 11.8 Å². The molecule has 0 saturated carbocycles. The smallest absolute Gasteiger partial charge is 0.230 e. The molecule has 5 heteroatoms. The molecule has 0 heterocycles. The van der Waals surface area contributed by atoms with Crippen molar-refractivity contribution in [2.24, 2.45) is 0 Å². The van der Waals surface area contributed by atoms with Crippen molar-refractivity contribution in [3.8, 4) is 0 Å². The van der Waals surface area contributed by atoms with Crippen molar-refractivity contribution in [3.05, 3.63) is 29.3 Å². The number of thioether (sulfide) groups is 1. The molecule has 0 aliphatic carbocycles. The average Bonchev–Trinajstić information content (AvgIpc) is 2.28. The molecule has 94 valence electrons. The Bertz CT molecular complexity index is 373. The number of amides is 1. The van der Waals surface area contributed by atoms with Gasteiger partial charge >= 0.3 is 0 Å². The Balaban J connectivity index is 2.36. The van der Waals surface area contributed by atoms with Gasteiger partial charge in [-0.05, 0) is 19.1 Å². The first-order chi connectivity index (χ1) is 8.13. The van der Waals surface area contributed by atoms with E-state index >= 15 is 0 Å². The number of hydrogen-bond acceptors (Lipinski definition) is 3. The molecule has 1 aromatic rings. The molecule has 17 heavy (non-hydrogen) atoms. The average molecular weight is 274 g/mol.